The van der Waals surface area contributed by atoms with Gasteiger partial charge in [-0.3, -0.25) is 4.99 Å². The number of aliphatic imine (C=N–C) groups is 1. The lowest BCUT2D eigenvalue weighted by Crippen LogP contribution is -2.03. The third-order valence-electron chi connectivity index (χ3n) is 1.86. The van der Waals surface area contributed by atoms with Crippen LogP contribution < -0.4 is 10.1 Å². The van der Waals surface area contributed by atoms with E-state index in [0.29, 0.717) is 0 Å². The van der Waals surface area contributed by atoms with Crippen molar-refractivity contribution < 1.29 is 4.74 Å². The third-order valence-corrected chi connectivity index (χ3v) is 1.86. The monoisotopic (exact) mass is 174 g/mol. The Bertz CT molecular complexity index is 383. The van der Waals surface area contributed by atoms with E-state index >= 15 is 0 Å². The summed E-state index contributed by atoms with van der Waals surface area (Å²) in [6, 6.07) is 5.70. The number of nitrogens with one attached hydrogen (secondary N) is 1. The van der Waals surface area contributed by atoms with E-state index in [0.717, 1.165) is 22.8 Å². The molecule has 1 aromatic rings. The molecule has 3 nitrogen and oxygen atoms in total. The molecule has 0 fully saturated rings. The van der Waals surface area contributed by atoms with Crippen molar-refractivity contribution in [2.75, 3.05) is 12.4 Å². The number of allylic oxidation sites excluding steroid dienone is 1. The zero-order chi connectivity index (χ0) is 9.26. The van der Waals surface area contributed by atoms with Crippen LogP contribution in [0.15, 0.2) is 35.5 Å². The second-order valence-corrected chi connectivity index (χ2v) is 2.79. The number of anilines is 1. The van der Waals surface area contributed by atoms with E-state index in [-0.39, 0.29) is 0 Å². The molecule has 1 aromatic carbocycles. The number of hydrogen-bond donors (Lipinski definition) is 1. The Morgan fingerprint density at radius 2 is 2.31 bits per heavy atom. The van der Waals surface area contributed by atoms with E-state index in [4.69, 9.17) is 4.74 Å². The molecule has 66 valence electrons. The summed E-state index contributed by atoms with van der Waals surface area (Å²) in [6.45, 7) is 3.76. The molecule has 0 unspecified atom stereocenters. The highest BCUT2D eigenvalue weighted by Crippen LogP contribution is 2.32. The SMILES string of the molecule is C=C1C=Nc2cc(OC)ccc2N1. The average Bonchev–Trinajstić information content (AvgIpc) is 2.17. The molecule has 0 radical (unpaired) electrons. The molecule has 13 heavy (non-hydrogen) atoms. The van der Waals surface area contributed by atoms with E-state index in [1.165, 1.54) is 0 Å². The van der Waals surface area contributed by atoms with Crippen LogP contribution in [-0.4, -0.2) is 13.3 Å². The number of nitrogens with zero attached hydrogens (tertiary/aromatic N) is 1. The Balaban J connectivity index is 2.45. The van der Waals surface area contributed by atoms with Crippen molar-refractivity contribution in [2.45, 2.75) is 0 Å². The molecule has 0 spiro atoms. The molecule has 1 heterocycles. The maximum Gasteiger partial charge on any atom is 0.121 e. The van der Waals surface area contributed by atoms with Gasteiger partial charge in [0.05, 0.1) is 24.7 Å². The zero-order valence-electron chi connectivity index (χ0n) is 7.37. The second-order valence-electron chi connectivity index (χ2n) is 2.79. The van der Waals surface area contributed by atoms with Crippen molar-refractivity contribution in [1.29, 1.82) is 0 Å². The van der Waals surface area contributed by atoms with E-state index in [9.17, 15) is 0 Å². The molecule has 0 aliphatic carbocycles. The van der Waals surface area contributed by atoms with E-state index in [2.05, 4.69) is 16.9 Å². The van der Waals surface area contributed by atoms with Crippen LogP contribution in [0, 0.1) is 0 Å². The third kappa shape index (κ3) is 1.40. The summed E-state index contributed by atoms with van der Waals surface area (Å²) in [7, 11) is 1.64. The van der Waals surface area contributed by atoms with Gasteiger partial charge in [0, 0.05) is 11.8 Å². The van der Waals surface area contributed by atoms with Gasteiger partial charge in [-0.15, -0.1) is 0 Å². The van der Waals surface area contributed by atoms with Crippen LogP contribution in [0.1, 0.15) is 0 Å². The Morgan fingerprint density at radius 1 is 1.46 bits per heavy atom. The van der Waals surface area contributed by atoms with Crippen molar-refractivity contribution in [3.8, 4) is 5.75 Å². The lowest BCUT2D eigenvalue weighted by atomic mass is 10.2. The number of rotatable bonds is 1. The first-order chi connectivity index (χ1) is 6.29. The first-order valence-electron chi connectivity index (χ1n) is 3.97. The highest BCUT2D eigenvalue weighted by atomic mass is 16.5. The molecule has 2 rings (SSSR count). The van der Waals surface area contributed by atoms with Crippen molar-refractivity contribution in [1.82, 2.24) is 0 Å². The van der Waals surface area contributed by atoms with Crippen LogP contribution in [0.25, 0.3) is 0 Å². The van der Waals surface area contributed by atoms with Gasteiger partial charge in [0.1, 0.15) is 5.75 Å². The highest BCUT2D eigenvalue weighted by molar-refractivity contribution is 5.91. The van der Waals surface area contributed by atoms with E-state index < -0.39 is 0 Å². The number of benzene rings is 1. The highest BCUT2D eigenvalue weighted by Gasteiger charge is 2.07. The van der Waals surface area contributed by atoms with Crippen LogP contribution >= 0.6 is 0 Å². The van der Waals surface area contributed by atoms with Gasteiger partial charge in [0.25, 0.3) is 0 Å². The fraction of sp³-hybridized carbons (Fsp3) is 0.100. The molecule has 3 heteroatoms. The normalized spacial score (nSPS) is 13.5. The predicted molar refractivity (Wildman–Crippen MR) is 53.9 cm³/mol. The first kappa shape index (κ1) is 7.86. The summed E-state index contributed by atoms with van der Waals surface area (Å²) < 4.78 is 5.08. The number of ether oxygens (including phenoxy) is 1. The Labute approximate surface area is 76.8 Å². The minimum Gasteiger partial charge on any atom is -0.497 e. The standard InChI is InChI=1S/C10H10N2O/c1-7-6-11-10-5-8(13-2)3-4-9(10)12-7/h3-6,12H,1H2,2H3. The number of fused-ring (bicyclic) bond motifs is 1. The zero-order valence-corrected chi connectivity index (χ0v) is 7.37. The Morgan fingerprint density at radius 3 is 3.08 bits per heavy atom. The maximum absolute atomic E-state index is 5.08. The van der Waals surface area contributed by atoms with Crippen molar-refractivity contribution in [2.24, 2.45) is 4.99 Å². The van der Waals surface area contributed by atoms with Crippen LogP contribution in [-0.2, 0) is 0 Å². The van der Waals surface area contributed by atoms with E-state index in [1.54, 1.807) is 13.3 Å². The molecule has 0 bridgehead atoms. The molecular weight excluding hydrogens is 164 g/mol. The summed E-state index contributed by atoms with van der Waals surface area (Å²) in [5.74, 6) is 0.810. The summed E-state index contributed by atoms with van der Waals surface area (Å²) in [5.41, 5.74) is 2.65. The predicted octanol–water partition coefficient (Wildman–Crippen LogP) is 2.34. The van der Waals surface area contributed by atoms with Crippen LogP contribution in [0.2, 0.25) is 0 Å². The number of methoxy groups -OCH3 is 1. The minimum absolute atomic E-state index is 0.803. The summed E-state index contributed by atoms with van der Waals surface area (Å²) in [4.78, 5) is 4.22. The van der Waals surface area contributed by atoms with Gasteiger partial charge >= 0.3 is 0 Å². The largest absolute Gasteiger partial charge is 0.497 e. The first-order valence-corrected chi connectivity index (χ1v) is 3.97. The fourth-order valence-corrected chi connectivity index (χ4v) is 1.20. The maximum atomic E-state index is 5.08. The number of hydrogen-bond acceptors (Lipinski definition) is 3. The molecule has 1 N–H and O–H groups in total. The molecule has 0 atom stereocenters. The van der Waals surface area contributed by atoms with Gasteiger partial charge in [-0.2, -0.15) is 0 Å². The molecular formula is C10H10N2O. The van der Waals surface area contributed by atoms with Crippen molar-refractivity contribution in [3.63, 3.8) is 0 Å². The van der Waals surface area contributed by atoms with Gasteiger partial charge in [0.2, 0.25) is 0 Å². The quantitative estimate of drug-likeness (QED) is 0.708. The molecule has 1 aliphatic heterocycles. The average molecular weight is 174 g/mol. The lowest BCUT2D eigenvalue weighted by molar-refractivity contribution is 0.415. The van der Waals surface area contributed by atoms with Gasteiger partial charge in [0.15, 0.2) is 0 Å². The van der Waals surface area contributed by atoms with E-state index in [1.807, 2.05) is 18.2 Å². The van der Waals surface area contributed by atoms with Gasteiger partial charge in [-0.25, -0.2) is 0 Å². The summed E-state index contributed by atoms with van der Waals surface area (Å²) >= 11 is 0. The molecule has 0 saturated heterocycles. The van der Waals surface area contributed by atoms with Gasteiger partial charge in [-0.05, 0) is 12.1 Å². The van der Waals surface area contributed by atoms with Crippen LogP contribution in [0.4, 0.5) is 11.4 Å². The van der Waals surface area contributed by atoms with Gasteiger partial charge < -0.3 is 10.1 Å². The fourth-order valence-electron chi connectivity index (χ4n) is 1.20. The molecule has 1 aliphatic rings. The topological polar surface area (TPSA) is 33.6 Å². The summed E-state index contributed by atoms with van der Waals surface area (Å²) in [6.07, 6.45) is 1.70. The molecule has 0 amide bonds. The van der Waals surface area contributed by atoms with Crippen molar-refractivity contribution in [3.05, 3.63) is 30.5 Å². The smallest absolute Gasteiger partial charge is 0.121 e. The Kier molecular flexibility index (Phi) is 1.77. The van der Waals surface area contributed by atoms with Gasteiger partial charge in [-0.1, -0.05) is 6.58 Å². The summed E-state index contributed by atoms with van der Waals surface area (Å²) in [5, 5.41) is 3.11. The van der Waals surface area contributed by atoms with Crippen LogP contribution in [0.3, 0.4) is 0 Å². The Hall–Kier alpha value is -1.77. The molecule has 0 saturated carbocycles. The second kappa shape index (κ2) is 2.94. The lowest BCUT2D eigenvalue weighted by Gasteiger charge is -2.14. The minimum atomic E-state index is 0.803. The van der Waals surface area contributed by atoms with Crippen LogP contribution in [0.5, 0.6) is 5.75 Å². The van der Waals surface area contributed by atoms with Crippen molar-refractivity contribution >= 4 is 17.6 Å². The molecule has 0 aromatic heterocycles.